The number of benzene rings is 22. The Hall–Kier alpha value is -16.5. The van der Waals surface area contributed by atoms with Crippen molar-refractivity contribution in [1.29, 1.82) is 0 Å². The molecule has 576 valence electrons. The molecule has 3 aromatic heterocycles. The lowest BCUT2D eigenvalue weighted by Crippen LogP contribution is -1.97. The average molecular weight is 1580 g/mol. The van der Waals surface area contributed by atoms with Crippen molar-refractivity contribution < 1.29 is 0 Å². The van der Waals surface area contributed by atoms with Gasteiger partial charge in [0.05, 0.1) is 56.1 Å². The van der Waals surface area contributed by atoms with E-state index in [9.17, 15) is 0 Å². The predicted octanol–water partition coefficient (Wildman–Crippen LogP) is 31.4. The van der Waals surface area contributed by atoms with Gasteiger partial charge in [-0.05, 0) is 190 Å². The summed E-state index contributed by atoms with van der Waals surface area (Å²) in [5, 5.41) is 25.7. The van der Waals surface area contributed by atoms with Gasteiger partial charge in [-0.25, -0.2) is 29.9 Å². The zero-order valence-corrected chi connectivity index (χ0v) is 67.4. The highest BCUT2D eigenvalue weighted by Crippen LogP contribution is 2.43. The van der Waals surface area contributed by atoms with Gasteiger partial charge in [0.25, 0.3) is 0 Å². The number of nitrogens with zero attached hydrogens (tertiary/aromatic N) is 6. The maximum absolute atomic E-state index is 5.41. The summed E-state index contributed by atoms with van der Waals surface area (Å²) in [6.07, 6.45) is 0. The molecule has 0 N–H and O–H groups in total. The number of hydrogen-bond acceptors (Lipinski definition) is 6. The van der Waals surface area contributed by atoms with Crippen LogP contribution < -0.4 is 0 Å². The van der Waals surface area contributed by atoms with Gasteiger partial charge in [-0.15, -0.1) is 0 Å². The summed E-state index contributed by atoms with van der Waals surface area (Å²) in [5.41, 5.74) is 22.4. The van der Waals surface area contributed by atoms with E-state index < -0.39 is 0 Å². The van der Waals surface area contributed by atoms with Crippen molar-refractivity contribution >= 4 is 141 Å². The van der Waals surface area contributed by atoms with E-state index in [-0.39, 0.29) is 0 Å². The van der Waals surface area contributed by atoms with Crippen molar-refractivity contribution in [1.82, 2.24) is 29.9 Å². The molecule has 0 aliphatic rings. The SMILES string of the molecule is c1ccc(-c2ccc(-c3nc(-c4ccc5ccc6c7ccccc7ccc6c5c4)nc4ccccc34)cc2)cc1.c1ccc(-c2cccc(-c3nc4c(ccc5ccccc54)nc3-c3ccc4ccc5c6ccccc6ccc5c4c3)c2)cc1.c1ccc(-c2cccc(-c3nc4ccccc4nc3-c3ccc4ccc5c6ccccc6ccc5c4c3)c2)cc1. The zero-order chi connectivity index (χ0) is 82.0. The molecule has 0 aliphatic heterocycles. The molecule has 0 saturated heterocycles. The third-order valence-corrected chi connectivity index (χ3v) is 24.5. The molecule has 6 nitrogen and oxygen atoms in total. The van der Waals surface area contributed by atoms with Crippen molar-refractivity contribution in [3.63, 3.8) is 0 Å². The van der Waals surface area contributed by atoms with E-state index in [1.165, 1.54) is 119 Å². The molecule has 25 aromatic rings. The first kappa shape index (κ1) is 72.7. The molecule has 0 amide bonds. The quantitative estimate of drug-likeness (QED) is 0.134. The Morgan fingerprint density at radius 2 is 0.395 bits per heavy atom. The summed E-state index contributed by atoms with van der Waals surface area (Å²) < 4.78 is 0. The topological polar surface area (TPSA) is 77.3 Å². The van der Waals surface area contributed by atoms with E-state index in [4.69, 9.17) is 29.9 Å². The van der Waals surface area contributed by atoms with Crippen molar-refractivity contribution in [2.45, 2.75) is 0 Å². The molecule has 25 rings (SSSR count). The first-order chi connectivity index (χ1) is 61.4. The van der Waals surface area contributed by atoms with Crippen LogP contribution in [0, 0.1) is 0 Å². The highest BCUT2D eigenvalue weighted by atomic mass is 14.9. The molecule has 6 heteroatoms. The number of rotatable bonds is 9. The van der Waals surface area contributed by atoms with Crippen molar-refractivity contribution in [3.05, 3.63) is 449 Å². The first-order valence-corrected chi connectivity index (χ1v) is 42.2. The molecular formula is C118H74N6. The maximum Gasteiger partial charge on any atom is 0.160 e. The monoisotopic (exact) mass is 1570 g/mol. The minimum atomic E-state index is 0.737. The molecule has 0 radical (unpaired) electrons. The van der Waals surface area contributed by atoms with E-state index in [0.29, 0.717) is 0 Å². The third kappa shape index (κ3) is 13.4. The molecule has 0 aliphatic carbocycles. The molecule has 0 unspecified atom stereocenters. The second-order valence-corrected chi connectivity index (χ2v) is 31.9. The van der Waals surface area contributed by atoms with Gasteiger partial charge < -0.3 is 0 Å². The number of aromatic nitrogens is 6. The van der Waals surface area contributed by atoms with Crippen LogP contribution in [-0.2, 0) is 0 Å². The second kappa shape index (κ2) is 31.0. The van der Waals surface area contributed by atoms with Crippen LogP contribution in [0.25, 0.3) is 242 Å². The molecule has 0 spiro atoms. The first-order valence-electron chi connectivity index (χ1n) is 42.2. The third-order valence-electron chi connectivity index (χ3n) is 24.5. The van der Waals surface area contributed by atoms with Crippen LogP contribution in [0.1, 0.15) is 0 Å². The average Bonchev–Trinajstić information content (AvgIpc) is 0.757. The summed E-state index contributed by atoms with van der Waals surface area (Å²) in [5.74, 6) is 0.737. The molecule has 22 aromatic carbocycles. The summed E-state index contributed by atoms with van der Waals surface area (Å²) in [7, 11) is 0. The molecule has 3 heterocycles. The fourth-order valence-corrected chi connectivity index (χ4v) is 18.3. The van der Waals surface area contributed by atoms with E-state index in [1.807, 2.05) is 42.5 Å². The van der Waals surface area contributed by atoms with Gasteiger partial charge in [0.15, 0.2) is 5.82 Å². The Morgan fingerprint density at radius 1 is 0.113 bits per heavy atom. The second-order valence-electron chi connectivity index (χ2n) is 31.9. The van der Waals surface area contributed by atoms with Crippen LogP contribution in [0.15, 0.2) is 449 Å². The Labute approximate surface area is 715 Å². The highest BCUT2D eigenvalue weighted by molar-refractivity contribution is 6.21. The molecule has 0 bridgehead atoms. The van der Waals surface area contributed by atoms with Gasteiger partial charge in [-0.2, -0.15) is 0 Å². The Bertz CT molecular complexity index is 8550. The molecule has 0 saturated carbocycles. The highest BCUT2D eigenvalue weighted by Gasteiger charge is 2.21. The summed E-state index contributed by atoms with van der Waals surface area (Å²) >= 11 is 0. The maximum atomic E-state index is 5.41. The largest absolute Gasteiger partial charge is 0.244 e. The fourth-order valence-electron chi connectivity index (χ4n) is 18.3. The number of hydrogen-bond donors (Lipinski definition) is 0. The van der Waals surface area contributed by atoms with Gasteiger partial charge in [-0.3, -0.25) is 0 Å². The van der Waals surface area contributed by atoms with E-state index in [2.05, 4.69) is 406 Å². The van der Waals surface area contributed by atoms with Crippen LogP contribution in [0.4, 0.5) is 0 Å². The van der Waals surface area contributed by atoms with Crippen molar-refractivity contribution in [2.75, 3.05) is 0 Å². The number of fused-ring (bicyclic) bond motifs is 20. The Balaban J connectivity index is 0.000000108. The number of para-hydroxylation sites is 3. The van der Waals surface area contributed by atoms with Crippen LogP contribution in [-0.4, -0.2) is 29.9 Å². The van der Waals surface area contributed by atoms with E-state index >= 15 is 0 Å². The van der Waals surface area contributed by atoms with Crippen LogP contribution in [0.3, 0.4) is 0 Å². The molecule has 0 fully saturated rings. The minimum absolute atomic E-state index is 0.737. The van der Waals surface area contributed by atoms with Crippen molar-refractivity contribution in [3.8, 4) is 101 Å². The van der Waals surface area contributed by atoms with E-state index in [0.717, 1.165) is 123 Å². The standard InChI is InChI=1S/C42H26N2.2C38H24N2/c1-2-9-27(10-3-1)31-13-8-14-32(25-31)41-40(43-39-24-21-29-12-5-7-16-35(29)42(39)44-41)33-18-17-30-20-22-36-34-15-6-4-11-28(34)19-23-37(36)38(30)26-33;1-2-9-25(10-3-1)28-12-8-13-29(23-28)37-38(40-36-16-7-6-15-35(36)39-37)30-18-17-27-20-21-32-31-14-5-4-11-26(31)19-22-33(32)34(27)24-30;1-2-8-25(9-3-1)26-14-17-29(18-15-26)37-34-12-6-7-13-36(34)39-38(40-37)30-19-16-28-21-22-32-31-11-5-4-10-27(31)20-23-33(32)35(28)24-30/h1-26H;2*1-24H. The molecular weight excluding hydrogens is 1500 g/mol. The minimum Gasteiger partial charge on any atom is -0.244 e. The van der Waals surface area contributed by atoms with Gasteiger partial charge in [-0.1, -0.05) is 394 Å². The van der Waals surface area contributed by atoms with Crippen LogP contribution >= 0.6 is 0 Å². The normalized spacial score (nSPS) is 11.5. The zero-order valence-electron chi connectivity index (χ0n) is 67.4. The lowest BCUT2D eigenvalue weighted by Gasteiger charge is -2.14. The molecule has 124 heavy (non-hydrogen) atoms. The van der Waals surface area contributed by atoms with Crippen molar-refractivity contribution in [2.24, 2.45) is 0 Å². The van der Waals surface area contributed by atoms with E-state index in [1.54, 1.807) is 0 Å². The summed E-state index contributed by atoms with van der Waals surface area (Å²) in [6.45, 7) is 0. The lowest BCUT2D eigenvalue weighted by molar-refractivity contribution is 1.23. The van der Waals surface area contributed by atoms with Gasteiger partial charge in [0.2, 0.25) is 0 Å². The Morgan fingerprint density at radius 3 is 0.855 bits per heavy atom. The summed E-state index contributed by atoms with van der Waals surface area (Å²) in [6, 6.07) is 159. The van der Waals surface area contributed by atoms with Gasteiger partial charge >= 0.3 is 0 Å². The predicted molar refractivity (Wildman–Crippen MR) is 523 cm³/mol. The van der Waals surface area contributed by atoms with Gasteiger partial charge in [0, 0.05) is 44.2 Å². The summed E-state index contributed by atoms with van der Waals surface area (Å²) in [4.78, 5) is 31.3. The van der Waals surface area contributed by atoms with Crippen LogP contribution in [0.2, 0.25) is 0 Å². The Kier molecular flexibility index (Phi) is 18.2. The fraction of sp³-hybridized carbons (Fsp3) is 0. The lowest BCUT2D eigenvalue weighted by atomic mass is 9.94. The van der Waals surface area contributed by atoms with Crippen LogP contribution in [0.5, 0.6) is 0 Å². The molecule has 0 atom stereocenters. The van der Waals surface area contributed by atoms with Gasteiger partial charge in [0.1, 0.15) is 0 Å². The smallest absolute Gasteiger partial charge is 0.160 e.